The summed E-state index contributed by atoms with van der Waals surface area (Å²) in [5.74, 6) is 0. The average molecular weight is 238 g/mol. The molecule has 0 aliphatic heterocycles. The van der Waals surface area contributed by atoms with Crippen LogP contribution in [0.2, 0.25) is 0 Å². The van der Waals surface area contributed by atoms with Gasteiger partial charge in [0.1, 0.15) is 0 Å². The van der Waals surface area contributed by atoms with Crippen LogP contribution < -0.4 is 0 Å². The van der Waals surface area contributed by atoms with E-state index in [1.54, 1.807) is 0 Å². The summed E-state index contributed by atoms with van der Waals surface area (Å²) in [6, 6.07) is 0. The molecule has 0 aromatic carbocycles. The molecule has 1 N–H and O–H groups in total. The van der Waals surface area contributed by atoms with Gasteiger partial charge in [-0.25, -0.2) is 0 Å². The fraction of sp³-hybridized carbons (Fsp3) is 1.00. The Kier molecular flexibility index (Phi) is 9.85. The van der Waals surface area contributed by atoms with Crippen LogP contribution in [0.5, 0.6) is 0 Å². The van der Waals surface area contributed by atoms with Gasteiger partial charge in [0.15, 0.2) is 0 Å². The summed E-state index contributed by atoms with van der Waals surface area (Å²) in [6.45, 7) is 10.1. The second kappa shape index (κ2) is 7.96. The SMILES string of the molecule is CCN(CC)CC.[O]=[Cr](=[O])([OH])[Cl]. The molecule has 76 valence electrons. The van der Waals surface area contributed by atoms with Gasteiger partial charge in [0.25, 0.3) is 0 Å². The molecule has 0 radical (unpaired) electrons. The van der Waals surface area contributed by atoms with Crippen molar-refractivity contribution in [3.05, 3.63) is 0 Å². The molecule has 0 unspecified atom stereocenters. The molecule has 0 aromatic rings. The Labute approximate surface area is 79.8 Å². The normalized spacial score (nSPS) is 10.8. The van der Waals surface area contributed by atoms with Gasteiger partial charge in [-0.2, -0.15) is 0 Å². The Morgan fingerprint density at radius 1 is 1.17 bits per heavy atom. The molecule has 0 amide bonds. The van der Waals surface area contributed by atoms with E-state index in [9.17, 15) is 0 Å². The van der Waals surface area contributed by atoms with E-state index in [0.717, 1.165) is 0 Å². The van der Waals surface area contributed by atoms with Crippen molar-refractivity contribution in [2.24, 2.45) is 0 Å². The predicted molar refractivity (Wildman–Crippen MR) is 42.9 cm³/mol. The van der Waals surface area contributed by atoms with E-state index in [1.165, 1.54) is 19.6 Å². The predicted octanol–water partition coefficient (Wildman–Crippen LogP) is 1.24. The Bertz CT molecular complexity index is 164. The number of nitrogens with zero attached hydrogens (tertiary/aromatic N) is 1. The van der Waals surface area contributed by atoms with Crippen molar-refractivity contribution in [3.8, 4) is 0 Å². The fourth-order valence-corrected chi connectivity index (χ4v) is 0.671. The summed E-state index contributed by atoms with van der Waals surface area (Å²) in [4.78, 5) is 2.38. The van der Waals surface area contributed by atoms with Gasteiger partial charge in [0, 0.05) is 0 Å². The Balaban J connectivity index is 0. The molecule has 0 aliphatic carbocycles. The first-order chi connectivity index (χ1) is 5.35. The van der Waals surface area contributed by atoms with Crippen LogP contribution in [0.3, 0.4) is 0 Å². The molecule has 0 saturated carbocycles. The summed E-state index contributed by atoms with van der Waals surface area (Å²) in [5.41, 5.74) is 0. The van der Waals surface area contributed by atoms with E-state index < -0.39 is 12.4 Å². The zero-order valence-electron chi connectivity index (χ0n) is 7.62. The molecule has 0 atom stereocenters. The van der Waals surface area contributed by atoms with Crippen LogP contribution in [0.4, 0.5) is 0 Å². The Morgan fingerprint density at radius 3 is 1.33 bits per heavy atom. The van der Waals surface area contributed by atoms with Crippen molar-refractivity contribution in [1.29, 1.82) is 0 Å². The fourth-order valence-electron chi connectivity index (χ4n) is 0.671. The van der Waals surface area contributed by atoms with Gasteiger partial charge < -0.3 is 4.90 Å². The van der Waals surface area contributed by atoms with Gasteiger partial charge in [0.2, 0.25) is 0 Å². The van der Waals surface area contributed by atoms with E-state index >= 15 is 0 Å². The molecule has 4 nitrogen and oxygen atoms in total. The van der Waals surface area contributed by atoms with Crippen molar-refractivity contribution in [2.75, 3.05) is 19.6 Å². The standard InChI is InChI=1S/C6H15N.ClH.Cr.H2O.2O/c1-4-7(5-2)6-3;;;;;/h4-6H2,1-3H3;1H;;1H2;;/q;;+2;;;/p-2. The third kappa shape index (κ3) is 22.4. The zero-order valence-corrected chi connectivity index (χ0v) is 9.65. The first-order valence-electron chi connectivity index (χ1n) is 3.74. The summed E-state index contributed by atoms with van der Waals surface area (Å²) in [6.07, 6.45) is 0. The number of hydrogen-bond acceptors (Lipinski definition) is 3. The van der Waals surface area contributed by atoms with E-state index in [1.807, 2.05) is 0 Å². The molecular formula is C6H16ClCrNO3. The van der Waals surface area contributed by atoms with Crippen molar-refractivity contribution in [1.82, 2.24) is 4.90 Å². The van der Waals surface area contributed by atoms with Gasteiger partial charge in [0.05, 0.1) is 0 Å². The molecular weight excluding hydrogens is 222 g/mol. The van der Waals surface area contributed by atoms with Gasteiger partial charge in [-0.05, 0) is 19.6 Å². The topological polar surface area (TPSA) is 57.6 Å². The maximum atomic E-state index is 9.03. The molecule has 0 aromatic heterocycles. The summed E-state index contributed by atoms with van der Waals surface area (Å²) < 4.78 is 25.4. The second-order valence-corrected chi connectivity index (χ2v) is 4.93. The van der Waals surface area contributed by atoms with E-state index in [4.69, 9.17) is 11.8 Å². The van der Waals surface area contributed by atoms with Gasteiger partial charge in [-0.15, -0.1) is 0 Å². The number of halogens is 1. The third-order valence-corrected chi connectivity index (χ3v) is 1.34. The summed E-state index contributed by atoms with van der Waals surface area (Å²) in [5, 5.41) is 0. The molecule has 12 heavy (non-hydrogen) atoms. The minimum absolute atomic E-state index is 1.19. The van der Waals surface area contributed by atoms with Crippen LogP contribution in [0.25, 0.3) is 0 Å². The van der Waals surface area contributed by atoms with Crippen molar-refractivity contribution in [2.45, 2.75) is 20.8 Å². The molecule has 0 spiro atoms. The van der Waals surface area contributed by atoms with Crippen molar-refractivity contribution in [3.63, 3.8) is 0 Å². The summed E-state index contributed by atoms with van der Waals surface area (Å²) in [7, 11) is 4.13. The first-order valence-corrected chi connectivity index (χ1v) is 7.11. The molecule has 0 heterocycles. The van der Waals surface area contributed by atoms with Crippen LogP contribution in [-0.2, 0) is 20.0 Å². The molecule has 0 aliphatic rings. The van der Waals surface area contributed by atoms with Crippen LogP contribution in [0.1, 0.15) is 20.8 Å². The monoisotopic (exact) mass is 237 g/mol. The van der Waals surface area contributed by atoms with Crippen LogP contribution in [-0.4, -0.2) is 28.7 Å². The van der Waals surface area contributed by atoms with Crippen LogP contribution >= 0.6 is 10.0 Å². The second-order valence-electron chi connectivity index (χ2n) is 2.03. The molecule has 6 heteroatoms. The molecule has 0 fully saturated rings. The third-order valence-electron chi connectivity index (χ3n) is 1.34. The number of hydrogen-bond donors (Lipinski definition) is 1. The summed E-state index contributed by atoms with van der Waals surface area (Å²) >= 11 is -4.78. The molecule has 0 saturated heterocycles. The van der Waals surface area contributed by atoms with Gasteiger partial charge in [-0.1, -0.05) is 20.8 Å². The van der Waals surface area contributed by atoms with Crippen LogP contribution in [0, 0.1) is 0 Å². The van der Waals surface area contributed by atoms with Crippen LogP contribution in [0.15, 0.2) is 0 Å². The maximum absolute atomic E-state index is 9.03. The van der Waals surface area contributed by atoms with E-state index in [2.05, 4.69) is 35.7 Å². The average Bonchev–Trinajstić information content (AvgIpc) is 1.88. The Hall–Kier alpha value is 0.342. The minimum atomic E-state index is -4.78. The van der Waals surface area contributed by atoms with Crippen molar-refractivity contribution < 1.29 is 24.1 Å². The first kappa shape index (κ1) is 14.8. The molecule has 0 rings (SSSR count). The quantitative estimate of drug-likeness (QED) is 0.803. The number of rotatable bonds is 3. The zero-order chi connectivity index (χ0) is 10.2. The van der Waals surface area contributed by atoms with E-state index in [-0.39, 0.29) is 0 Å². The van der Waals surface area contributed by atoms with E-state index in [0.29, 0.717) is 0 Å². The Morgan fingerprint density at radius 2 is 1.33 bits per heavy atom. The van der Waals surface area contributed by atoms with Crippen molar-refractivity contribution >= 4 is 10.0 Å². The van der Waals surface area contributed by atoms with Gasteiger partial charge in [-0.3, -0.25) is 0 Å². The van der Waals surface area contributed by atoms with Gasteiger partial charge >= 0.3 is 34.2 Å². The molecule has 0 bridgehead atoms.